The summed E-state index contributed by atoms with van der Waals surface area (Å²) in [6.07, 6.45) is -0.595. The number of benzene rings is 3. The van der Waals surface area contributed by atoms with Gasteiger partial charge < -0.3 is 24.9 Å². The summed E-state index contributed by atoms with van der Waals surface area (Å²) in [7, 11) is 3.05. The van der Waals surface area contributed by atoms with Crippen LogP contribution >= 0.6 is 0 Å². The van der Waals surface area contributed by atoms with Crippen LogP contribution in [0.15, 0.2) is 84.0 Å². The van der Waals surface area contributed by atoms with Gasteiger partial charge in [-0.1, -0.05) is 65.8 Å². The van der Waals surface area contributed by atoms with Crippen LogP contribution in [0.25, 0.3) is 11.1 Å². The average Bonchev–Trinajstić information content (AvgIpc) is 3.36. The lowest BCUT2D eigenvalue weighted by atomic mass is 10.0. The van der Waals surface area contributed by atoms with Gasteiger partial charge in [0.05, 0.1) is 25.5 Å². The number of hydrogen-bond acceptors (Lipinski definition) is 6. The maximum atomic E-state index is 13.4. The highest BCUT2D eigenvalue weighted by Gasteiger charge is 2.38. The minimum Gasteiger partial charge on any atom is -0.496 e. The fourth-order valence-electron chi connectivity index (χ4n) is 4.30. The van der Waals surface area contributed by atoms with Crippen LogP contribution in [0.4, 0.5) is 0 Å². The van der Waals surface area contributed by atoms with Crippen molar-refractivity contribution in [2.24, 2.45) is 5.16 Å². The smallest absolute Gasteiger partial charge is 0.254 e. The second kappa shape index (κ2) is 11.5. The Bertz CT molecular complexity index is 1230. The number of oxime groups is 1. The first-order chi connectivity index (χ1) is 17.5. The molecule has 8 nitrogen and oxygen atoms in total. The first-order valence-corrected chi connectivity index (χ1v) is 11.7. The quantitative estimate of drug-likeness (QED) is 0.474. The Balaban J connectivity index is 1.49. The zero-order valence-electron chi connectivity index (χ0n) is 20.3. The van der Waals surface area contributed by atoms with Crippen LogP contribution < -0.4 is 10.1 Å². The van der Waals surface area contributed by atoms with Crippen LogP contribution in [0, 0.1) is 0 Å². The predicted octanol–water partition coefficient (Wildman–Crippen LogP) is 3.43. The highest BCUT2D eigenvalue weighted by molar-refractivity contribution is 6.05. The molecule has 1 fully saturated rings. The van der Waals surface area contributed by atoms with E-state index < -0.39 is 12.1 Å². The average molecular weight is 488 g/mol. The Morgan fingerprint density at radius 3 is 2.42 bits per heavy atom. The molecule has 2 N–H and O–H groups in total. The van der Waals surface area contributed by atoms with Gasteiger partial charge in [0.1, 0.15) is 18.9 Å². The summed E-state index contributed by atoms with van der Waals surface area (Å²) in [6.45, 7) is 0.214. The van der Waals surface area contributed by atoms with Gasteiger partial charge in [0.15, 0.2) is 0 Å². The topological polar surface area (TPSA) is 100 Å². The highest BCUT2D eigenvalue weighted by Crippen LogP contribution is 2.30. The van der Waals surface area contributed by atoms with Gasteiger partial charge in [0.2, 0.25) is 5.91 Å². The van der Waals surface area contributed by atoms with Crippen molar-refractivity contribution in [3.05, 3.63) is 90.0 Å². The van der Waals surface area contributed by atoms with Crippen LogP contribution in [-0.4, -0.2) is 60.9 Å². The molecule has 0 aliphatic carbocycles. The molecule has 0 radical (unpaired) electrons. The molecule has 0 bridgehead atoms. The minimum atomic E-state index is -0.852. The van der Waals surface area contributed by atoms with E-state index in [0.717, 1.165) is 16.9 Å². The first-order valence-electron chi connectivity index (χ1n) is 11.7. The summed E-state index contributed by atoms with van der Waals surface area (Å²) >= 11 is 0. The largest absolute Gasteiger partial charge is 0.496 e. The Morgan fingerprint density at radius 1 is 1.03 bits per heavy atom. The van der Waals surface area contributed by atoms with E-state index in [1.807, 2.05) is 54.6 Å². The number of likely N-dealkylation sites (tertiary alicyclic amines) is 1. The molecule has 3 aromatic carbocycles. The van der Waals surface area contributed by atoms with Crippen LogP contribution in [0.3, 0.4) is 0 Å². The van der Waals surface area contributed by atoms with Gasteiger partial charge in [-0.25, -0.2) is 0 Å². The summed E-state index contributed by atoms with van der Waals surface area (Å²) in [4.78, 5) is 32.9. The van der Waals surface area contributed by atoms with Crippen molar-refractivity contribution in [1.29, 1.82) is 0 Å². The number of amides is 2. The molecule has 0 saturated carbocycles. The molecule has 1 heterocycles. The zero-order valence-corrected chi connectivity index (χ0v) is 20.3. The van der Waals surface area contributed by atoms with Crippen molar-refractivity contribution in [3.63, 3.8) is 0 Å². The van der Waals surface area contributed by atoms with Gasteiger partial charge in [-0.3, -0.25) is 9.59 Å². The Kier molecular flexibility index (Phi) is 7.97. The summed E-state index contributed by atoms with van der Waals surface area (Å²) in [6, 6.07) is 23.2. The molecule has 8 heteroatoms. The molecule has 3 aromatic rings. The number of hydrogen-bond donors (Lipinski definition) is 2. The van der Waals surface area contributed by atoms with Gasteiger partial charge in [0, 0.05) is 24.1 Å². The van der Waals surface area contributed by atoms with Crippen LogP contribution in [0.2, 0.25) is 0 Å². The normalized spacial score (nSPS) is 17.0. The summed E-state index contributed by atoms with van der Waals surface area (Å²) in [5.41, 5.74) is 3.59. The van der Waals surface area contributed by atoms with Gasteiger partial charge in [-0.05, 0) is 29.3 Å². The second-order valence-electron chi connectivity index (χ2n) is 8.44. The van der Waals surface area contributed by atoms with Crippen LogP contribution in [0.1, 0.15) is 28.4 Å². The number of nitrogens with one attached hydrogen (secondary N) is 1. The van der Waals surface area contributed by atoms with E-state index in [0.29, 0.717) is 16.8 Å². The maximum Gasteiger partial charge on any atom is 0.254 e. The van der Waals surface area contributed by atoms with E-state index >= 15 is 0 Å². The summed E-state index contributed by atoms with van der Waals surface area (Å²) in [5.74, 6) is 0.0999. The lowest BCUT2D eigenvalue weighted by molar-refractivity contribution is -0.125. The van der Waals surface area contributed by atoms with E-state index in [4.69, 9.17) is 9.57 Å². The van der Waals surface area contributed by atoms with Crippen LogP contribution in [-0.2, 0) is 9.63 Å². The molecule has 36 heavy (non-hydrogen) atoms. The van der Waals surface area contributed by atoms with Crippen molar-refractivity contribution < 1.29 is 24.3 Å². The van der Waals surface area contributed by atoms with Gasteiger partial charge >= 0.3 is 0 Å². The number of ether oxygens (including phenoxy) is 1. The van der Waals surface area contributed by atoms with Crippen molar-refractivity contribution >= 4 is 17.5 Å². The minimum absolute atomic E-state index is 0.0335. The molecule has 0 aromatic heterocycles. The lowest BCUT2D eigenvalue weighted by Crippen LogP contribution is -2.46. The van der Waals surface area contributed by atoms with E-state index in [2.05, 4.69) is 10.5 Å². The molecule has 1 aliphatic rings. The predicted molar refractivity (Wildman–Crippen MR) is 137 cm³/mol. The van der Waals surface area contributed by atoms with E-state index in [-0.39, 0.29) is 31.3 Å². The molecular formula is C28H29N3O5. The third-order valence-corrected chi connectivity index (χ3v) is 6.15. The third kappa shape index (κ3) is 5.55. The van der Waals surface area contributed by atoms with Gasteiger partial charge in [-0.15, -0.1) is 0 Å². The number of carbonyl (C=O) groups is 2. The summed E-state index contributed by atoms with van der Waals surface area (Å²) < 4.78 is 5.44. The number of rotatable bonds is 8. The molecule has 0 unspecified atom stereocenters. The van der Waals surface area contributed by atoms with Crippen molar-refractivity contribution in [2.75, 3.05) is 27.3 Å². The van der Waals surface area contributed by atoms with Gasteiger partial charge in [-0.2, -0.15) is 0 Å². The number of methoxy groups -OCH3 is 1. The number of aliphatic hydroxyl groups is 1. The Hall–Kier alpha value is -4.17. The Labute approximate surface area is 210 Å². The van der Waals surface area contributed by atoms with E-state index in [9.17, 15) is 14.7 Å². The monoisotopic (exact) mass is 487 g/mol. The molecule has 2 atom stereocenters. The number of nitrogens with zero attached hydrogens (tertiary/aromatic N) is 2. The molecule has 0 spiro atoms. The molecule has 1 saturated heterocycles. The molecular weight excluding hydrogens is 458 g/mol. The standard InChI is InChI=1S/C28H29N3O5/c1-35-26-11-7-6-10-23(26)19-12-14-21(15-13-19)28(34)31-18-22(30-36-2)16-24(31)27(33)29-17-25(32)20-8-4-3-5-9-20/h3-15,24-25,32H,16-18H2,1-2H3,(H,29,33)/t24-,25+/m0/s1. The first kappa shape index (κ1) is 24.9. The van der Waals surface area contributed by atoms with Crippen LogP contribution in [0.5, 0.6) is 5.75 Å². The SMILES string of the molecule is CON=C1C[C@@H](C(=O)NC[C@@H](O)c2ccccc2)N(C(=O)c2ccc(-c3ccccc3OC)cc2)C1. The second-order valence-corrected chi connectivity index (χ2v) is 8.44. The van der Waals surface area contributed by atoms with Crippen molar-refractivity contribution in [1.82, 2.24) is 10.2 Å². The lowest BCUT2D eigenvalue weighted by Gasteiger charge is -2.24. The van der Waals surface area contributed by atoms with E-state index in [1.54, 1.807) is 31.4 Å². The van der Waals surface area contributed by atoms with Crippen molar-refractivity contribution in [3.8, 4) is 16.9 Å². The van der Waals surface area contributed by atoms with Gasteiger partial charge in [0.25, 0.3) is 5.91 Å². The third-order valence-electron chi connectivity index (χ3n) is 6.15. The van der Waals surface area contributed by atoms with E-state index in [1.165, 1.54) is 12.0 Å². The molecule has 1 aliphatic heterocycles. The fourth-order valence-corrected chi connectivity index (χ4v) is 4.30. The number of carbonyl (C=O) groups excluding carboxylic acids is 2. The maximum absolute atomic E-state index is 13.4. The molecule has 186 valence electrons. The molecule has 4 rings (SSSR count). The number of aliphatic hydroxyl groups excluding tert-OH is 1. The van der Waals surface area contributed by atoms with Crippen molar-refractivity contribution in [2.45, 2.75) is 18.6 Å². The highest BCUT2D eigenvalue weighted by atomic mass is 16.6. The number of para-hydroxylation sites is 1. The zero-order chi connectivity index (χ0) is 25.5. The Morgan fingerprint density at radius 2 is 1.72 bits per heavy atom. The summed E-state index contributed by atoms with van der Waals surface area (Å²) in [5, 5.41) is 17.2. The fraction of sp³-hybridized carbons (Fsp3) is 0.250. The molecule has 2 amide bonds.